The molecule has 0 heterocycles. The van der Waals surface area contributed by atoms with Gasteiger partial charge in [0.15, 0.2) is 0 Å². The highest BCUT2D eigenvalue weighted by molar-refractivity contribution is 6.47. The molecule has 18 heavy (non-hydrogen) atoms. The standard InChI is InChI=1S/C14H16N2O2/c15-13(9-1-5-11(17)6-2-9)14(16)10-3-7-12(18)8-4-10/h1-3,5,7-8,10-11,15-18H,4,6H2. The highest BCUT2D eigenvalue weighted by atomic mass is 16.3. The third-order valence-electron chi connectivity index (χ3n) is 3.09. The van der Waals surface area contributed by atoms with Crippen LogP contribution in [-0.4, -0.2) is 27.7 Å². The lowest BCUT2D eigenvalue weighted by Crippen LogP contribution is -2.24. The molecule has 0 spiro atoms. The highest BCUT2D eigenvalue weighted by Gasteiger charge is 2.20. The van der Waals surface area contributed by atoms with Gasteiger partial charge in [0, 0.05) is 5.92 Å². The molecule has 0 aromatic rings. The molecule has 0 bridgehead atoms. The first-order valence-corrected chi connectivity index (χ1v) is 5.89. The highest BCUT2D eigenvalue weighted by Crippen LogP contribution is 2.20. The van der Waals surface area contributed by atoms with Crippen molar-refractivity contribution in [1.29, 1.82) is 10.8 Å². The second-order valence-corrected chi connectivity index (χ2v) is 4.44. The maximum Gasteiger partial charge on any atom is 0.111 e. The monoisotopic (exact) mass is 244 g/mol. The Morgan fingerprint density at radius 1 is 1.11 bits per heavy atom. The van der Waals surface area contributed by atoms with Crippen molar-refractivity contribution in [3.05, 3.63) is 47.8 Å². The summed E-state index contributed by atoms with van der Waals surface area (Å²) in [5.41, 5.74) is 1.10. The summed E-state index contributed by atoms with van der Waals surface area (Å²) in [6, 6.07) is 0. The van der Waals surface area contributed by atoms with Crippen molar-refractivity contribution in [2.24, 2.45) is 5.92 Å². The van der Waals surface area contributed by atoms with E-state index >= 15 is 0 Å². The Morgan fingerprint density at radius 2 is 1.89 bits per heavy atom. The lowest BCUT2D eigenvalue weighted by atomic mass is 9.88. The van der Waals surface area contributed by atoms with E-state index in [2.05, 4.69) is 0 Å². The minimum atomic E-state index is -0.481. The minimum absolute atomic E-state index is 0.158. The van der Waals surface area contributed by atoms with Crippen molar-refractivity contribution in [3.63, 3.8) is 0 Å². The maximum absolute atomic E-state index is 9.32. The summed E-state index contributed by atoms with van der Waals surface area (Å²) in [4.78, 5) is 0. The topological polar surface area (TPSA) is 88.2 Å². The average molecular weight is 244 g/mol. The van der Waals surface area contributed by atoms with Gasteiger partial charge in [0.25, 0.3) is 0 Å². The van der Waals surface area contributed by atoms with Gasteiger partial charge in [0.2, 0.25) is 0 Å². The van der Waals surface area contributed by atoms with Crippen LogP contribution in [0.4, 0.5) is 0 Å². The van der Waals surface area contributed by atoms with E-state index in [4.69, 9.17) is 10.8 Å². The van der Waals surface area contributed by atoms with Gasteiger partial charge < -0.3 is 15.6 Å². The zero-order valence-corrected chi connectivity index (χ0v) is 9.93. The van der Waals surface area contributed by atoms with Gasteiger partial charge in [-0.05, 0) is 30.6 Å². The molecule has 2 aliphatic carbocycles. The van der Waals surface area contributed by atoms with Crippen molar-refractivity contribution >= 4 is 11.4 Å². The van der Waals surface area contributed by atoms with Crippen LogP contribution in [0.5, 0.6) is 0 Å². The van der Waals surface area contributed by atoms with Gasteiger partial charge in [-0.15, -0.1) is 0 Å². The van der Waals surface area contributed by atoms with E-state index in [0.717, 1.165) is 0 Å². The molecule has 0 fully saturated rings. The van der Waals surface area contributed by atoms with E-state index in [-0.39, 0.29) is 23.1 Å². The van der Waals surface area contributed by atoms with Gasteiger partial charge in [0.1, 0.15) is 5.76 Å². The lowest BCUT2D eigenvalue weighted by Gasteiger charge is -2.18. The van der Waals surface area contributed by atoms with Crippen LogP contribution in [0.25, 0.3) is 0 Å². The molecule has 2 atom stereocenters. The van der Waals surface area contributed by atoms with Crippen molar-refractivity contribution in [1.82, 2.24) is 0 Å². The number of aliphatic hydroxyl groups excluding tert-OH is 2. The molecule has 0 saturated carbocycles. The van der Waals surface area contributed by atoms with Crippen molar-refractivity contribution in [3.8, 4) is 0 Å². The molecular formula is C14H16N2O2. The van der Waals surface area contributed by atoms with Gasteiger partial charge in [-0.2, -0.15) is 0 Å². The number of aliphatic hydroxyl groups is 2. The van der Waals surface area contributed by atoms with E-state index in [1.54, 1.807) is 36.5 Å². The number of hydrogen-bond acceptors (Lipinski definition) is 4. The molecule has 0 amide bonds. The molecule has 0 aromatic heterocycles. The van der Waals surface area contributed by atoms with Gasteiger partial charge in [-0.1, -0.05) is 24.3 Å². The molecule has 0 aromatic carbocycles. The van der Waals surface area contributed by atoms with E-state index in [1.165, 1.54) is 0 Å². The Morgan fingerprint density at radius 3 is 2.44 bits per heavy atom. The van der Waals surface area contributed by atoms with Crippen molar-refractivity contribution in [2.45, 2.75) is 18.9 Å². The van der Waals surface area contributed by atoms with Crippen LogP contribution in [0.15, 0.2) is 47.8 Å². The first-order chi connectivity index (χ1) is 8.58. The molecule has 0 saturated heterocycles. The Hall–Kier alpha value is -1.94. The van der Waals surface area contributed by atoms with Crippen molar-refractivity contribution in [2.75, 3.05) is 0 Å². The molecule has 2 aliphatic rings. The largest absolute Gasteiger partial charge is 0.508 e. The summed E-state index contributed by atoms with van der Waals surface area (Å²) in [7, 11) is 0. The number of allylic oxidation sites excluding steroid dienone is 5. The molecule has 2 rings (SSSR count). The van der Waals surface area contributed by atoms with Gasteiger partial charge in [-0.25, -0.2) is 0 Å². The van der Waals surface area contributed by atoms with Crippen molar-refractivity contribution < 1.29 is 10.2 Å². The summed E-state index contributed by atoms with van der Waals surface area (Å²) in [6.45, 7) is 0. The second-order valence-electron chi connectivity index (χ2n) is 4.44. The first kappa shape index (κ1) is 12.5. The van der Waals surface area contributed by atoms with Gasteiger partial charge >= 0.3 is 0 Å². The van der Waals surface area contributed by atoms with Crippen LogP contribution in [-0.2, 0) is 0 Å². The van der Waals surface area contributed by atoms with E-state index in [0.29, 0.717) is 18.4 Å². The van der Waals surface area contributed by atoms with Crippen LogP contribution >= 0.6 is 0 Å². The molecule has 4 heteroatoms. The Bertz CT molecular complexity index is 498. The maximum atomic E-state index is 9.32. The number of hydrogen-bond donors (Lipinski definition) is 4. The minimum Gasteiger partial charge on any atom is -0.508 e. The van der Waals surface area contributed by atoms with Gasteiger partial charge in [0.05, 0.1) is 17.5 Å². The summed E-state index contributed by atoms with van der Waals surface area (Å²) >= 11 is 0. The molecule has 94 valence electrons. The third-order valence-corrected chi connectivity index (χ3v) is 3.09. The molecule has 4 nitrogen and oxygen atoms in total. The van der Waals surface area contributed by atoms with E-state index in [1.807, 2.05) is 0 Å². The molecular weight excluding hydrogens is 228 g/mol. The van der Waals surface area contributed by atoms with Crippen LogP contribution < -0.4 is 0 Å². The van der Waals surface area contributed by atoms with E-state index in [9.17, 15) is 10.2 Å². The first-order valence-electron chi connectivity index (χ1n) is 5.89. The Kier molecular flexibility index (Phi) is 3.58. The smallest absolute Gasteiger partial charge is 0.111 e. The molecule has 0 radical (unpaired) electrons. The molecule has 4 N–H and O–H groups in total. The van der Waals surface area contributed by atoms with Crippen LogP contribution in [0.3, 0.4) is 0 Å². The second kappa shape index (κ2) is 5.14. The van der Waals surface area contributed by atoms with Gasteiger partial charge in [-0.3, -0.25) is 5.41 Å². The fourth-order valence-corrected chi connectivity index (χ4v) is 1.96. The zero-order valence-electron chi connectivity index (χ0n) is 9.93. The average Bonchev–Trinajstić information content (AvgIpc) is 2.39. The zero-order chi connectivity index (χ0) is 13.1. The molecule has 0 aliphatic heterocycles. The summed E-state index contributed by atoms with van der Waals surface area (Å²) in [5, 5.41) is 34.6. The fraction of sp³-hybridized carbons (Fsp3) is 0.286. The summed E-state index contributed by atoms with van der Waals surface area (Å²) in [6.07, 6.45) is 10.6. The Labute approximate surface area is 106 Å². The third kappa shape index (κ3) is 2.65. The Balaban J connectivity index is 2.05. The predicted molar refractivity (Wildman–Crippen MR) is 71.3 cm³/mol. The van der Waals surface area contributed by atoms with Crippen LogP contribution in [0.1, 0.15) is 12.8 Å². The number of rotatable bonds is 3. The number of nitrogens with one attached hydrogen (secondary N) is 2. The molecule has 2 unspecified atom stereocenters. The quantitative estimate of drug-likeness (QED) is 0.574. The summed E-state index contributed by atoms with van der Waals surface area (Å²) in [5.74, 6) is 0.0556. The van der Waals surface area contributed by atoms with E-state index < -0.39 is 6.10 Å². The predicted octanol–water partition coefficient (Wildman–Crippen LogP) is 2.29. The SMILES string of the molecule is N=C(C(=N)C1C=CC(O)=CC1)C1=CCC(O)C=C1. The summed E-state index contributed by atoms with van der Waals surface area (Å²) < 4.78 is 0. The van der Waals surface area contributed by atoms with Crippen LogP contribution in [0.2, 0.25) is 0 Å². The lowest BCUT2D eigenvalue weighted by molar-refractivity contribution is 0.225. The fourth-order valence-electron chi connectivity index (χ4n) is 1.96. The normalized spacial score (nSPS) is 26.5. The van der Waals surface area contributed by atoms with Crippen LogP contribution in [0, 0.1) is 16.7 Å².